The second-order valence-electron chi connectivity index (χ2n) is 5.63. The molecule has 0 unspecified atom stereocenters. The molecule has 0 aromatic heterocycles. The molecule has 21 heavy (non-hydrogen) atoms. The van der Waals surface area contributed by atoms with Crippen molar-refractivity contribution in [1.29, 1.82) is 0 Å². The van der Waals surface area contributed by atoms with Crippen LogP contribution in [0, 0.1) is 34.5 Å². The lowest BCUT2D eigenvalue weighted by Gasteiger charge is -2.39. The lowest BCUT2D eigenvalue weighted by atomic mass is 9.74. The third kappa shape index (κ3) is 2.66. The fourth-order valence-corrected chi connectivity index (χ4v) is 1.45. The quantitative estimate of drug-likeness (QED) is 0.506. The molecule has 0 aliphatic carbocycles. The molecule has 0 aliphatic heterocycles. The van der Waals surface area contributed by atoms with Crippen molar-refractivity contribution in [3.05, 3.63) is 29.1 Å². The number of carboxylic acids is 1. The molecule has 0 bridgehead atoms. The van der Waals surface area contributed by atoms with Gasteiger partial charge in [-0.3, -0.25) is 4.79 Å². The summed E-state index contributed by atoms with van der Waals surface area (Å²) in [5, 5.41) is 11.2. The Bertz CT molecular complexity index is 570. The van der Waals surface area contributed by atoms with Gasteiger partial charge >= 0.3 is 5.97 Å². The highest BCUT2D eigenvalue weighted by Crippen LogP contribution is 2.37. The smallest absolute Gasteiger partial charge is 0.311 e. The summed E-state index contributed by atoms with van der Waals surface area (Å²) in [6, 6.07) is 0. The predicted octanol–water partition coefficient (Wildman–Crippen LogP) is 3.68. The maximum atomic E-state index is 13.6. The van der Waals surface area contributed by atoms with Gasteiger partial charge in [-0.15, -0.1) is 0 Å². The Morgan fingerprint density at radius 3 is 1.52 bits per heavy atom. The van der Waals surface area contributed by atoms with Gasteiger partial charge in [-0.25, -0.2) is 22.0 Å². The lowest BCUT2D eigenvalue weighted by molar-refractivity contribution is -0.149. The molecular weight excluding hydrogens is 297 g/mol. The monoisotopic (exact) mass is 311 g/mol. The zero-order chi connectivity index (χ0) is 16.7. The van der Waals surface area contributed by atoms with Crippen molar-refractivity contribution in [1.82, 2.24) is 0 Å². The van der Waals surface area contributed by atoms with Crippen LogP contribution in [0.15, 0.2) is 0 Å². The van der Waals surface area contributed by atoms with E-state index in [4.69, 9.17) is 5.11 Å². The van der Waals surface area contributed by atoms with E-state index in [0.717, 1.165) is 0 Å². The van der Waals surface area contributed by atoms with Crippen molar-refractivity contribution >= 4 is 11.7 Å². The molecule has 0 amide bonds. The molecule has 3 nitrogen and oxygen atoms in total. The van der Waals surface area contributed by atoms with Crippen molar-refractivity contribution in [2.75, 3.05) is 5.32 Å². The summed E-state index contributed by atoms with van der Waals surface area (Å²) in [7, 11) is 0. The minimum Gasteiger partial charge on any atom is -0.481 e. The van der Waals surface area contributed by atoms with Crippen LogP contribution in [0.1, 0.15) is 27.7 Å². The van der Waals surface area contributed by atoms with Crippen molar-refractivity contribution in [2.45, 2.75) is 33.2 Å². The van der Waals surface area contributed by atoms with Gasteiger partial charge in [-0.1, -0.05) is 0 Å². The molecule has 8 heteroatoms. The SMILES string of the molecule is CC(C)(Nc1c(F)c(F)c(F)c(F)c1F)C(C)(C)C(=O)O. The van der Waals surface area contributed by atoms with Crippen LogP contribution < -0.4 is 5.32 Å². The maximum Gasteiger partial charge on any atom is 0.311 e. The van der Waals surface area contributed by atoms with E-state index in [-0.39, 0.29) is 0 Å². The molecular formula is C13H14F5NO2. The zero-order valence-corrected chi connectivity index (χ0v) is 11.7. The minimum absolute atomic E-state index is 1.26. The summed E-state index contributed by atoms with van der Waals surface area (Å²) in [5.41, 5.74) is -4.31. The summed E-state index contributed by atoms with van der Waals surface area (Å²) < 4.78 is 66.4. The van der Waals surface area contributed by atoms with E-state index in [1.165, 1.54) is 27.7 Å². The van der Waals surface area contributed by atoms with Crippen LogP contribution in [-0.2, 0) is 4.79 Å². The molecule has 1 rings (SSSR count). The third-order valence-electron chi connectivity index (χ3n) is 3.74. The molecule has 0 radical (unpaired) electrons. The summed E-state index contributed by atoms with van der Waals surface area (Å²) >= 11 is 0. The maximum absolute atomic E-state index is 13.6. The van der Waals surface area contributed by atoms with Crippen LogP contribution in [0.3, 0.4) is 0 Å². The number of nitrogens with one attached hydrogen (secondary N) is 1. The molecule has 0 spiro atoms. The first-order valence-electron chi connectivity index (χ1n) is 5.87. The molecule has 0 fully saturated rings. The first-order chi connectivity index (χ1) is 9.34. The number of hydrogen-bond donors (Lipinski definition) is 2. The molecule has 2 N–H and O–H groups in total. The van der Waals surface area contributed by atoms with E-state index < -0.39 is 51.7 Å². The van der Waals surface area contributed by atoms with Gasteiger partial charge in [0.15, 0.2) is 23.3 Å². The first kappa shape index (κ1) is 17.2. The van der Waals surface area contributed by atoms with Crippen LogP contribution in [0.2, 0.25) is 0 Å². The summed E-state index contributed by atoms with van der Waals surface area (Å²) in [5.74, 6) is -11.9. The molecule has 0 saturated carbocycles. The van der Waals surface area contributed by atoms with Crippen molar-refractivity contribution in [3.8, 4) is 0 Å². The van der Waals surface area contributed by atoms with E-state index in [2.05, 4.69) is 5.32 Å². The second-order valence-corrected chi connectivity index (χ2v) is 5.63. The van der Waals surface area contributed by atoms with E-state index in [9.17, 15) is 26.7 Å². The Labute approximate surface area is 117 Å². The van der Waals surface area contributed by atoms with Gasteiger partial charge in [0, 0.05) is 5.54 Å². The fraction of sp³-hybridized carbons (Fsp3) is 0.462. The highest BCUT2D eigenvalue weighted by molar-refractivity contribution is 5.76. The van der Waals surface area contributed by atoms with Gasteiger partial charge in [0.05, 0.1) is 5.41 Å². The first-order valence-corrected chi connectivity index (χ1v) is 5.87. The zero-order valence-electron chi connectivity index (χ0n) is 11.7. The van der Waals surface area contributed by atoms with Crippen molar-refractivity contribution in [2.24, 2.45) is 5.41 Å². The van der Waals surface area contributed by atoms with Crippen molar-refractivity contribution in [3.63, 3.8) is 0 Å². The number of hydrogen-bond acceptors (Lipinski definition) is 2. The number of rotatable bonds is 4. The van der Waals surface area contributed by atoms with E-state index >= 15 is 0 Å². The van der Waals surface area contributed by atoms with Crippen LogP contribution in [0.4, 0.5) is 27.6 Å². The Morgan fingerprint density at radius 1 is 0.857 bits per heavy atom. The van der Waals surface area contributed by atoms with Gasteiger partial charge in [-0.05, 0) is 27.7 Å². The van der Waals surface area contributed by atoms with Crippen molar-refractivity contribution < 1.29 is 31.9 Å². The molecule has 0 atom stereocenters. The van der Waals surface area contributed by atoms with Gasteiger partial charge in [0.2, 0.25) is 5.82 Å². The number of anilines is 1. The minimum atomic E-state index is -2.27. The van der Waals surface area contributed by atoms with Crippen LogP contribution in [0.25, 0.3) is 0 Å². The Balaban J connectivity index is 3.42. The second kappa shape index (κ2) is 5.16. The van der Waals surface area contributed by atoms with Gasteiger partial charge in [0.25, 0.3) is 0 Å². The highest BCUT2D eigenvalue weighted by Gasteiger charge is 2.44. The molecule has 1 aromatic carbocycles. The van der Waals surface area contributed by atoms with Gasteiger partial charge in [0.1, 0.15) is 5.69 Å². The molecule has 1 aromatic rings. The average Bonchev–Trinajstić information content (AvgIpc) is 2.38. The number of halogens is 5. The normalized spacial score (nSPS) is 12.4. The third-order valence-corrected chi connectivity index (χ3v) is 3.74. The van der Waals surface area contributed by atoms with Crippen LogP contribution in [-0.4, -0.2) is 16.6 Å². The molecule has 0 heterocycles. The molecule has 0 saturated heterocycles. The summed E-state index contributed by atoms with van der Waals surface area (Å²) in [4.78, 5) is 11.2. The number of carboxylic acid groups (broad SMARTS) is 1. The largest absolute Gasteiger partial charge is 0.481 e. The van der Waals surface area contributed by atoms with Crippen LogP contribution in [0.5, 0.6) is 0 Å². The number of benzene rings is 1. The Hall–Kier alpha value is -1.86. The molecule has 0 aliphatic rings. The Kier molecular flexibility index (Phi) is 4.22. The average molecular weight is 311 g/mol. The standard InChI is InChI=1S/C13H14F5NO2/c1-12(2,11(20)21)13(3,4)19-10-8(17)6(15)5(14)7(16)9(10)18/h19H,1-4H3,(H,20,21). The van der Waals surface area contributed by atoms with Crippen LogP contribution >= 0.6 is 0 Å². The number of aliphatic carboxylic acids is 1. The molecule has 118 valence electrons. The Morgan fingerprint density at radius 2 is 1.19 bits per heavy atom. The van der Waals surface area contributed by atoms with Gasteiger partial charge in [-0.2, -0.15) is 0 Å². The fourth-order valence-electron chi connectivity index (χ4n) is 1.45. The van der Waals surface area contributed by atoms with E-state index in [1.54, 1.807) is 0 Å². The number of carbonyl (C=O) groups is 1. The van der Waals surface area contributed by atoms with E-state index in [0.29, 0.717) is 0 Å². The van der Waals surface area contributed by atoms with Gasteiger partial charge < -0.3 is 10.4 Å². The summed E-state index contributed by atoms with van der Waals surface area (Å²) in [6.45, 7) is 5.07. The highest BCUT2D eigenvalue weighted by atomic mass is 19.2. The lowest BCUT2D eigenvalue weighted by Crippen LogP contribution is -2.51. The van der Waals surface area contributed by atoms with E-state index in [1.807, 2.05) is 0 Å². The predicted molar refractivity (Wildman–Crippen MR) is 65.4 cm³/mol. The summed E-state index contributed by atoms with van der Waals surface area (Å²) in [6.07, 6.45) is 0. The topological polar surface area (TPSA) is 49.3 Å².